The summed E-state index contributed by atoms with van der Waals surface area (Å²) in [5.74, 6) is 0.806. The third-order valence-corrected chi connectivity index (χ3v) is 2.79. The maximum Gasteiger partial charge on any atom is 0.185 e. The van der Waals surface area contributed by atoms with Gasteiger partial charge in [0.05, 0.1) is 6.10 Å². The van der Waals surface area contributed by atoms with Crippen molar-refractivity contribution in [3.63, 3.8) is 0 Å². The van der Waals surface area contributed by atoms with Crippen molar-refractivity contribution in [2.75, 3.05) is 11.6 Å². The molecular weight excluding hydrogens is 198 g/mol. The molecular formula is C6H10ClN3OS. The highest BCUT2D eigenvalue weighted by atomic mass is 35.5. The molecule has 4 nitrogen and oxygen atoms in total. The number of hydrogen-bond acceptors (Lipinski definition) is 4. The van der Waals surface area contributed by atoms with Gasteiger partial charge < -0.3 is 5.11 Å². The summed E-state index contributed by atoms with van der Waals surface area (Å²) < 4.78 is 1.66. The molecule has 0 aromatic carbocycles. The van der Waals surface area contributed by atoms with Crippen LogP contribution in [0.3, 0.4) is 0 Å². The van der Waals surface area contributed by atoms with Gasteiger partial charge in [0.2, 0.25) is 0 Å². The Balaban J connectivity index is 2.38. The third kappa shape index (κ3) is 2.66. The number of aliphatic hydroxyl groups excluding tert-OH is 1. The van der Waals surface area contributed by atoms with Gasteiger partial charge in [0, 0.05) is 18.7 Å². The average Bonchev–Trinajstić information content (AvgIpc) is 2.47. The van der Waals surface area contributed by atoms with Crippen molar-refractivity contribution in [2.24, 2.45) is 7.05 Å². The minimum Gasteiger partial charge on any atom is -0.391 e. The van der Waals surface area contributed by atoms with Gasteiger partial charge in [0.25, 0.3) is 0 Å². The molecule has 1 heterocycles. The van der Waals surface area contributed by atoms with E-state index in [-0.39, 0.29) is 5.88 Å². The van der Waals surface area contributed by atoms with Gasteiger partial charge >= 0.3 is 0 Å². The normalized spacial score (nSPS) is 13.2. The Hall–Kier alpha value is -0.260. The molecule has 0 saturated heterocycles. The Morgan fingerprint density at radius 1 is 1.83 bits per heavy atom. The maximum atomic E-state index is 9.14. The van der Waals surface area contributed by atoms with E-state index in [4.69, 9.17) is 16.7 Å². The zero-order chi connectivity index (χ0) is 8.97. The molecule has 1 aromatic rings. The average molecular weight is 208 g/mol. The Bertz CT molecular complexity index is 242. The van der Waals surface area contributed by atoms with E-state index in [1.54, 1.807) is 4.68 Å². The van der Waals surface area contributed by atoms with Gasteiger partial charge in [0.15, 0.2) is 5.16 Å². The summed E-state index contributed by atoms with van der Waals surface area (Å²) in [4.78, 5) is 3.98. The van der Waals surface area contributed by atoms with Gasteiger partial charge in [-0.1, -0.05) is 11.8 Å². The highest BCUT2D eigenvalue weighted by Gasteiger charge is 2.06. The van der Waals surface area contributed by atoms with E-state index in [1.807, 2.05) is 7.05 Å². The van der Waals surface area contributed by atoms with E-state index >= 15 is 0 Å². The lowest BCUT2D eigenvalue weighted by Crippen LogP contribution is -2.11. The van der Waals surface area contributed by atoms with E-state index in [0.717, 1.165) is 5.16 Å². The molecule has 0 saturated carbocycles. The van der Waals surface area contributed by atoms with Crippen LogP contribution < -0.4 is 0 Å². The predicted molar refractivity (Wildman–Crippen MR) is 48.5 cm³/mol. The standard InChI is InChI=1S/C6H10ClN3OS/c1-10-6(8-4-9-10)12-3-5(11)2-7/h4-5,11H,2-3H2,1H3. The van der Waals surface area contributed by atoms with E-state index in [0.29, 0.717) is 5.75 Å². The third-order valence-electron chi connectivity index (χ3n) is 1.25. The molecule has 6 heteroatoms. The maximum absolute atomic E-state index is 9.14. The largest absolute Gasteiger partial charge is 0.391 e. The van der Waals surface area contributed by atoms with E-state index < -0.39 is 6.10 Å². The number of hydrogen-bond donors (Lipinski definition) is 1. The molecule has 1 unspecified atom stereocenters. The van der Waals surface area contributed by atoms with Crippen LogP contribution in [0.1, 0.15) is 0 Å². The second-order valence-electron chi connectivity index (χ2n) is 2.29. The number of aryl methyl sites for hydroxylation is 1. The van der Waals surface area contributed by atoms with E-state index in [9.17, 15) is 0 Å². The number of alkyl halides is 1. The van der Waals surface area contributed by atoms with Crippen LogP contribution in [0.4, 0.5) is 0 Å². The lowest BCUT2D eigenvalue weighted by Gasteiger charge is -2.04. The van der Waals surface area contributed by atoms with Crippen molar-refractivity contribution < 1.29 is 5.11 Å². The SMILES string of the molecule is Cn1ncnc1SCC(O)CCl. The van der Waals surface area contributed by atoms with Crippen LogP contribution in [0.2, 0.25) is 0 Å². The molecule has 0 spiro atoms. The van der Waals surface area contributed by atoms with Crippen molar-refractivity contribution in [2.45, 2.75) is 11.3 Å². The first-order valence-electron chi connectivity index (χ1n) is 3.45. The molecule has 1 rings (SSSR count). The van der Waals surface area contributed by atoms with E-state index in [2.05, 4.69) is 10.1 Å². The van der Waals surface area contributed by atoms with Crippen LogP contribution >= 0.6 is 23.4 Å². The minimum absolute atomic E-state index is 0.255. The van der Waals surface area contributed by atoms with Gasteiger partial charge in [-0.3, -0.25) is 0 Å². The van der Waals surface area contributed by atoms with E-state index in [1.165, 1.54) is 18.1 Å². The number of rotatable bonds is 4. The van der Waals surface area contributed by atoms with Crippen LogP contribution in [-0.4, -0.2) is 37.6 Å². The van der Waals surface area contributed by atoms with Gasteiger partial charge in [-0.05, 0) is 0 Å². The van der Waals surface area contributed by atoms with Gasteiger partial charge in [-0.2, -0.15) is 5.10 Å². The first-order chi connectivity index (χ1) is 5.74. The molecule has 1 atom stereocenters. The summed E-state index contributed by atoms with van der Waals surface area (Å²) >= 11 is 6.87. The zero-order valence-corrected chi connectivity index (χ0v) is 8.22. The number of nitrogens with zero attached hydrogens (tertiary/aromatic N) is 3. The van der Waals surface area contributed by atoms with Crippen LogP contribution in [0.5, 0.6) is 0 Å². The molecule has 12 heavy (non-hydrogen) atoms. The molecule has 0 aliphatic carbocycles. The van der Waals surface area contributed by atoms with Crippen molar-refractivity contribution in [1.29, 1.82) is 0 Å². The summed E-state index contributed by atoms with van der Waals surface area (Å²) in [7, 11) is 1.81. The number of aliphatic hydroxyl groups is 1. The fraction of sp³-hybridized carbons (Fsp3) is 0.667. The molecule has 0 aliphatic heterocycles. The number of thioether (sulfide) groups is 1. The first-order valence-corrected chi connectivity index (χ1v) is 4.97. The second-order valence-corrected chi connectivity index (χ2v) is 3.58. The molecule has 68 valence electrons. The van der Waals surface area contributed by atoms with Crippen LogP contribution in [0.25, 0.3) is 0 Å². The van der Waals surface area contributed by atoms with Crippen molar-refractivity contribution in [3.05, 3.63) is 6.33 Å². The van der Waals surface area contributed by atoms with Crippen LogP contribution in [0, 0.1) is 0 Å². The predicted octanol–water partition coefficient (Wildman–Crippen LogP) is 0.507. The van der Waals surface area contributed by atoms with Crippen molar-refractivity contribution in [3.8, 4) is 0 Å². The monoisotopic (exact) mass is 207 g/mol. The molecule has 0 bridgehead atoms. The quantitative estimate of drug-likeness (QED) is 0.578. The Labute approximate surface area is 79.9 Å². The fourth-order valence-corrected chi connectivity index (χ4v) is 1.69. The molecule has 0 aliphatic rings. The summed E-state index contributed by atoms with van der Waals surface area (Å²) in [6.45, 7) is 0. The fourth-order valence-electron chi connectivity index (χ4n) is 0.632. The molecule has 1 aromatic heterocycles. The highest BCUT2D eigenvalue weighted by Crippen LogP contribution is 2.14. The zero-order valence-electron chi connectivity index (χ0n) is 6.64. The summed E-state index contributed by atoms with van der Waals surface area (Å²) in [5.41, 5.74) is 0. The molecule has 0 amide bonds. The molecule has 1 N–H and O–H groups in total. The highest BCUT2D eigenvalue weighted by molar-refractivity contribution is 7.99. The lowest BCUT2D eigenvalue weighted by molar-refractivity contribution is 0.223. The van der Waals surface area contributed by atoms with Gasteiger partial charge in [-0.15, -0.1) is 11.6 Å². The van der Waals surface area contributed by atoms with Gasteiger partial charge in [-0.25, -0.2) is 9.67 Å². The molecule has 0 fully saturated rings. The first kappa shape index (κ1) is 9.83. The van der Waals surface area contributed by atoms with Gasteiger partial charge in [0.1, 0.15) is 6.33 Å². The summed E-state index contributed by atoms with van der Waals surface area (Å²) in [6.07, 6.45) is 1.00. The van der Waals surface area contributed by atoms with Crippen LogP contribution in [0.15, 0.2) is 11.5 Å². The lowest BCUT2D eigenvalue weighted by atomic mass is 10.5. The second kappa shape index (κ2) is 4.69. The topological polar surface area (TPSA) is 50.9 Å². The summed E-state index contributed by atoms with van der Waals surface area (Å²) in [6, 6.07) is 0. The Morgan fingerprint density at radius 2 is 2.58 bits per heavy atom. The van der Waals surface area contributed by atoms with Crippen LogP contribution in [-0.2, 0) is 7.05 Å². The van der Waals surface area contributed by atoms with Crippen molar-refractivity contribution >= 4 is 23.4 Å². The Morgan fingerprint density at radius 3 is 3.08 bits per heavy atom. The Kier molecular flexibility index (Phi) is 3.84. The van der Waals surface area contributed by atoms with Crippen molar-refractivity contribution in [1.82, 2.24) is 14.8 Å². The number of halogens is 1. The minimum atomic E-state index is -0.478. The smallest absolute Gasteiger partial charge is 0.185 e. The number of aromatic nitrogens is 3. The molecule has 0 radical (unpaired) electrons. The summed E-state index contributed by atoms with van der Waals surface area (Å²) in [5, 5.41) is 13.8.